The summed E-state index contributed by atoms with van der Waals surface area (Å²) < 4.78 is 44.3. The van der Waals surface area contributed by atoms with Crippen molar-refractivity contribution in [1.29, 1.82) is 0 Å². The van der Waals surface area contributed by atoms with E-state index >= 15 is 0 Å². The third kappa shape index (κ3) is 5.48. The molecule has 0 saturated heterocycles. The van der Waals surface area contributed by atoms with Gasteiger partial charge in [-0.05, 0) is 67.6 Å². The summed E-state index contributed by atoms with van der Waals surface area (Å²) in [6.45, 7) is 1.48. The number of hydrogen-bond donors (Lipinski definition) is 0. The topological polar surface area (TPSA) is 26.3 Å². The molecule has 0 heterocycles. The maximum absolute atomic E-state index is 12.9. The third-order valence-electron chi connectivity index (χ3n) is 5.62. The Balaban J connectivity index is 1.58. The lowest BCUT2D eigenvalue weighted by Gasteiger charge is -2.25. The first-order valence-electron chi connectivity index (χ1n) is 11.0. The molecule has 36 heavy (non-hydrogen) atoms. The van der Waals surface area contributed by atoms with Gasteiger partial charge in [-0.1, -0.05) is 54.5 Å². The van der Waals surface area contributed by atoms with Crippen LogP contribution in [0, 0.1) is 12.3 Å². The zero-order chi connectivity index (χ0) is 25.8. The average molecular weight is 504 g/mol. The molecule has 0 bridgehead atoms. The van der Waals surface area contributed by atoms with Gasteiger partial charge in [0.1, 0.15) is 0 Å². The van der Waals surface area contributed by atoms with Crippen LogP contribution in [0.25, 0.3) is 0 Å². The van der Waals surface area contributed by atoms with Gasteiger partial charge in [-0.3, -0.25) is 0 Å². The van der Waals surface area contributed by atoms with Gasteiger partial charge in [-0.25, -0.2) is 4.79 Å². The Morgan fingerprint density at radius 2 is 1.17 bits per heavy atom. The maximum atomic E-state index is 12.9. The van der Waals surface area contributed by atoms with Crippen LogP contribution in [0.4, 0.5) is 13.2 Å². The number of hydrogen-bond acceptors (Lipinski definition) is 2. The van der Waals surface area contributed by atoms with E-state index in [9.17, 15) is 18.0 Å². The van der Waals surface area contributed by atoms with E-state index < -0.39 is 23.3 Å². The number of benzene rings is 4. The Kier molecular flexibility index (Phi) is 7.23. The third-order valence-corrected chi connectivity index (χ3v) is 7.85. The number of esters is 1. The highest BCUT2D eigenvalue weighted by Gasteiger charge is 2.34. The van der Waals surface area contributed by atoms with Gasteiger partial charge in [0, 0.05) is 5.56 Å². The van der Waals surface area contributed by atoms with Gasteiger partial charge in [-0.2, -0.15) is 13.2 Å². The summed E-state index contributed by atoms with van der Waals surface area (Å²) in [6.07, 6.45) is 1.16. The molecule has 0 radical (unpaired) electrons. The van der Waals surface area contributed by atoms with Gasteiger partial charge >= 0.3 is 12.1 Å². The number of terminal acetylenes is 1. The van der Waals surface area contributed by atoms with Crippen LogP contribution in [0.1, 0.15) is 28.4 Å². The highest BCUT2D eigenvalue weighted by atomic mass is 32.2. The van der Waals surface area contributed by atoms with Gasteiger partial charge in [0.25, 0.3) is 0 Å². The van der Waals surface area contributed by atoms with Crippen molar-refractivity contribution in [2.24, 2.45) is 0 Å². The Bertz CT molecular complexity index is 1320. The number of rotatable bonds is 6. The number of alkyl halides is 3. The van der Waals surface area contributed by atoms with Crippen LogP contribution in [0.3, 0.4) is 0 Å². The molecule has 0 spiro atoms. The molecular formula is C30H22F3O2S+. The van der Waals surface area contributed by atoms with Crippen molar-refractivity contribution in [3.05, 3.63) is 126 Å². The number of carbonyl (C=O) groups excluding carboxylic acids is 1. The second kappa shape index (κ2) is 10.3. The molecule has 0 aliphatic rings. The molecule has 4 aromatic carbocycles. The molecule has 4 rings (SSSR count). The van der Waals surface area contributed by atoms with Gasteiger partial charge < -0.3 is 4.74 Å². The zero-order valence-corrected chi connectivity index (χ0v) is 20.1. The molecule has 1 unspecified atom stereocenters. The van der Waals surface area contributed by atoms with Crippen molar-refractivity contribution in [2.75, 3.05) is 0 Å². The molecular weight excluding hydrogens is 481 g/mol. The molecule has 180 valence electrons. The van der Waals surface area contributed by atoms with Crippen LogP contribution in [0.15, 0.2) is 124 Å². The second-order valence-corrected chi connectivity index (χ2v) is 10.1. The SMILES string of the molecule is C#CC(C)(OC(=O)c1ccc([S+](c2ccccc2)c2ccccc2)cc1)c1ccc(C(F)(F)F)cc1. The smallest absolute Gasteiger partial charge is 0.416 e. The van der Waals surface area contributed by atoms with E-state index in [0.717, 1.165) is 26.8 Å². The molecule has 0 saturated carbocycles. The van der Waals surface area contributed by atoms with E-state index in [4.69, 9.17) is 11.2 Å². The Morgan fingerprint density at radius 3 is 1.61 bits per heavy atom. The second-order valence-electron chi connectivity index (χ2n) is 8.10. The molecule has 2 nitrogen and oxygen atoms in total. The minimum atomic E-state index is -4.47. The fourth-order valence-corrected chi connectivity index (χ4v) is 5.73. The molecule has 6 heteroatoms. The van der Waals surface area contributed by atoms with Crippen LogP contribution in [0.5, 0.6) is 0 Å². The summed E-state index contributed by atoms with van der Waals surface area (Å²) in [7, 11) is -0.373. The maximum Gasteiger partial charge on any atom is 0.416 e. The van der Waals surface area contributed by atoms with Crippen molar-refractivity contribution in [3.8, 4) is 12.3 Å². The molecule has 0 amide bonds. The quantitative estimate of drug-likeness (QED) is 0.155. The largest absolute Gasteiger partial charge is 0.438 e. The lowest BCUT2D eigenvalue weighted by Crippen LogP contribution is -2.27. The van der Waals surface area contributed by atoms with Crippen LogP contribution in [-0.4, -0.2) is 5.97 Å². The highest BCUT2D eigenvalue weighted by molar-refractivity contribution is 7.97. The van der Waals surface area contributed by atoms with Crippen LogP contribution < -0.4 is 0 Å². The van der Waals surface area contributed by atoms with Crippen molar-refractivity contribution < 1.29 is 22.7 Å². The van der Waals surface area contributed by atoms with Crippen LogP contribution in [0.2, 0.25) is 0 Å². The van der Waals surface area contributed by atoms with Crippen LogP contribution in [-0.2, 0) is 27.4 Å². The standard InChI is InChI=1S/C30H22F3O2S/c1-3-29(2,23-16-18-24(19-17-23)30(31,32)33)35-28(34)22-14-20-27(21-15-22)36(25-10-6-4-7-11-25)26-12-8-5-9-13-26/h1,4-21H,2H3/q+1. The summed E-state index contributed by atoms with van der Waals surface area (Å²) in [5.41, 5.74) is -1.77. The predicted molar refractivity (Wildman–Crippen MR) is 135 cm³/mol. The number of ether oxygens (including phenoxy) is 1. The van der Waals surface area contributed by atoms with E-state index in [1.807, 2.05) is 48.5 Å². The first-order valence-corrected chi connectivity index (χ1v) is 12.3. The molecule has 0 N–H and O–H groups in total. The number of carbonyl (C=O) groups is 1. The molecule has 0 fully saturated rings. The van der Waals surface area contributed by atoms with Gasteiger partial charge in [0.05, 0.1) is 22.0 Å². The van der Waals surface area contributed by atoms with E-state index in [-0.39, 0.29) is 22.0 Å². The Labute approximate surface area is 211 Å². The van der Waals surface area contributed by atoms with E-state index in [1.165, 1.54) is 19.1 Å². The van der Waals surface area contributed by atoms with Gasteiger partial charge in [-0.15, -0.1) is 6.42 Å². The monoisotopic (exact) mass is 503 g/mol. The molecule has 0 aliphatic heterocycles. The average Bonchev–Trinajstić information content (AvgIpc) is 2.90. The fourth-order valence-electron chi connectivity index (χ4n) is 3.64. The molecule has 0 aromatic heterocycles. The summed E-state index contributed by atoms with van der Waals surface area (Å²) in [4.78, 5) is 16.2. The summed E-state index contributed by atoms with van der Waals surface area (Å²) >= 11 is 0. The lowest BCUT2D eigenvalue weighted by atomic mass is 9.95. The highest BCUT2D eigenvalue weighted by Crippen LogP contribution is 2.34. The van der Waals surface area contributed by atoms with E-state index in [1.54, 1.807) is 12.1 Å². The number of halogens is 3. The minimum absolute atomic E-state index is 0.276. The summed E-state index contributed by atoms with van der Waals surface area (Å²) in [5, 5.41) is 0. The summed E-state index contributed by atoms with van der Waals surface area (Å²) in [5.74, 6) is 1.74. The summed E-state index contributed by atoms with van der Waals surface area (Å²) in [6, 6.07) is 31.6. The minimum Gasteiger partial charge on any atom is -0.438 e. The lowest BCUT2D eigenvalue weighted by molar-refractivity contribution is -0.137. The van der Waals surface area contributed by atoms with Gasteiger partial charge in [0.2, 0.25) is 0 Å². The Hall–Kier alpha value is -3.95. The van der Waals surface area contributed by atoms with Crippen molar-refractivity contribution in [3.63, 3.8) is 0 Å². The van der Waals surface area contributed by atoms with Crippen molar-refractivity contribution >= 4 is 16.9 Å². The first kappa shape index (κ1) is 25.2. The van der Waals surface area contributed by atoms with E-state index in [0.29, 0.717) is 0 Å². The van der Waals surface area contributed by atoms with Crippen molar-refractivity contribution in [1.82, 2.24) is 0 Å². The van der Waals surface area contributed by atoms with Gasteiger partial charge in [0.15, 0.2) is 20.3 Å². The van der Waals surface area contributed by atoms with Crippen LogP contribution >= 0.6 is 0 Å². The first-order chi connectivity index (χ1) is 17.2. The van der Waals surface area contributed by atoms with Crippen molar-refractivity contribution in [2.45, 2.75) is 33.4 Å². The Morgan fingerprint density at radius 1 is 0.722 bits per heavy atom. The predicted octanol–water partition coefficient (Wildman–Crippen LogP) is 7.51. The zero-order valence-electron chi connectivity index (χ0n) is 19.3. The van der Waals surface area contributed by atoms with E-state index in [2.05, 4.69) is 30.2 Å². The normalized spacial score (nSPS) is 13.0. The molecule has 1 atom stereocenters. The molecule has 4 aromatic rings. The molecule has 0 aliphatic carbocycles. The fraction of sp³-hybridized carbons (Fsp3) is 0.100.